The molecule has 1 aromatic heterocycles. The van der Waals surface area contributed by atoms with E-state index in [1.54, 1.807) is 52.5 Å². The number of nitrogens with zero attached hydrogens (tertiary/aromatic N) is 3. The Morgan fingerprint density at radius 1 is 1.00 bits per heavy atom. The van der Waals surface area contributed by atoms with E-state index in [-0.39, 0.29) is 42.5 Å². The Kier molecular flexibility index (Phi) is 8.19. The number of pyridine rings is 1. The molecule has 3 heterocycles. The van der Waals surface area contributed by atoms with Crippen LogP contribution in [0, 0.1) is 0 Å². The van der Waals surface area contributed by atoms with E-state index in [4.69, 9.17) is 4.74 Å². The predicted molar refractivity (Wildman–Crippen MR) is 148 cm³/mol. The number of rotatable bonds is 9. The molecule has 2 aliphatic rings. The van der Waals surface area contributed by atoms with Gasteiger partial charge in [-0.2, -0.15) is 0 Å². The number of hydrogen-bond donors (Lipinski definition) is 1. The molecule has 9 nitrogen and oxygen atoms in total. The lowest BCUT2D eigenvalue weighted by molar-refractivity contribution is -0.138. The third-order valence-electron chi connectivity index (χ3n) is 7.38. The van der Waals surface area contributed by atoms with E-state index in [1.165, 1.54) is 0 Å². The zero-order valence-corrected chi connectivity index (χ0v) is 22.4. The summed E-state index contributed by atoms with van der Waals surface area (Å²) in [6, 6.07) is 17.8. The maximum atomic E-state index is 13.6. The van der Waals surface area contributed by atoms with Crippen LogP contribution in [-0.4, -0.2) is 69.5 Å². The van der Waals surface area contributed by atoms with Crippen LogP contribution in [0.5, 0.6) is 11.5 Å². The molecule has 3 amide bonds. The quantitative estimate of drug-likeness (QED) is 0.446. The number of ether oxygens (including phenoxy) is 1. The number of benzene rings is 2. The Hall–Kier alpha value is -4.53. The molecule has 0 aliphatic carbocycles. The summed E-state index contributed by atoms with van der Waals surface area (Å²) in [7, 11) is 0. The zero-order chi connectivity index (χ0) is 28.1. The van der Waals surface area contributed by atoms with Crippen molar-refractivity contribution in [2.45, 2.75) is 50.7 Å². The Bertz CT molecular complexity index is 1360. The first-order valence-electron chi connectivity index (χ1n) is 13.6. The van der Waals surface area contributed by atoms with Crippen molar-refractivity contribution in [3.63, 3.8) is 0 Å². The second-order valence-corrected chi connectivity index (χ2v) is 10.1. The zero-order valence-electron chi connectivity index (χ0n) is 22.4. The topological polar surface area (TPSA) is 109 Å². The summed E-state index contributed by atoms with van der Waals surface area (Å²) in [6.07, 6.45) is 5.07. The first kappa shape index (κ1) is 27.1. The standard InChI is InChI=1S/C31H32N4O5/c1-2-7-25(33-30(38)22-11-13-24(14-12-22)40-23-9-4-3-5-10-23)31(39)34-17-15-26-29(34)27(36)20-35(26)28(37)18-21-8-6-16-32-19-21/h3-6,8-14,16,19,25-26,29H,2,7,15,17-18,20H2,1H3,(H,33,38). The van der Waals surface area contributed by atoms with Gasteiger partial charge in [0.05, 0.1) is 19.0 Å². The normalized spacial score (nSPS) is 18.8. The van der Waals surface area contributed by atoms with Gasteiger partial charge in [-0.3, -0.25) is 24.2 Å². The maximum absolute atomic E-state index is 13.6. The monoisotopic (exact) mass is 540 g/mol. The minimum absolute atomic E-state index is 0.0135. The van der Waals surface area contributed by atoms with Crippen LogP contribution in [0.1, 0.15) is 42.1 Å². The Labute approximate surface area is 233 Å². The fraction of sp³-hybridized carbons (Fsp3) is 0.323. The largest absolute Gasteiger partial charge is 0.457 e. The number of Topliss-reactive ketones (excluding diaryl/α,β-unsaturated/α-hetero) is 1. The van der Waals surface area contributed by atoms with Crippen LogP contribution in [0.15, 0.2) is 79.1 Å². The molecular formula is C31H32N4O5. The van der Waals surface area contributed by atoms with Crippen LogP contribution in [0.25, 0.3) is 0 Å². The summed E-state index contributed by atoms with van der Waals surface area (Å²) in [5.74, 6) is 0.319. The average Bonchev–Trinajstić information content (AvgIpc) is 3.55. The molecule has 2 aliphatic heterocycles. The first-order valence-corrected chi connectivity index (χ1v) is 13.6. The average molecular weight is 541 g/mol. The van der Waals surface area contributed by atoms with Crippen LogP contribution >= 0.6 is 0 Å². The van der Waals surface area contributed by atoms with E-state index in [0.29, 0.717) is 42.9 Å². The van der Waals surface area contributed by atoms with E-state index in [1.807, 2.05) is 43.3 Å². The molecule has 3 atom stereocenters. The van der Waals surface area contributed by atoms with Gasteiger partial charge in [0.25, 0.3) is 5.91 Å². The fourth-order valence-corrected chi connectivity index (χ4v) is 5.46. The van der Waals surface area contributed by atoms with Crippen molar-refractivity contribution in [2.75, 3.05) is 13.1 Å². The molecule has 0 spiro atoms. The van der Waals surface area contributed by atoms with Gasteiger partial charge in [-0.05, 0) is 60.9 Å². The first-order chi connectivity index (χ1) is 19.4. The Balaban J connectivity index is 1.23. The molecule has 2 saturated heterocycles. The van der Waals surface area contributed by atoms with Crippen LogP contribution in [0.4, 0.5) is 0 Å². The number of hydrogen-bond acceptors (Lipinski definition) is 6. The third kappa shape index (κ3) is 5.88. The van der Waals surface area contributed by atoms with Crippen molar-refractivity contribution in [1.29, 1.82) is 0 Å². The number of aromatic nitrogens is 1. The summed E-state index contributed by atoms with van der Waals surface area (Å²) in [6.45, 7) is 2.28. The molecule has 5 rings (SSSR count). The second kappa shape index (κ2) is 12.1. The molecule has 206 valence electrons. The van der Waals surface area contributed by atoms with Gasteiger partial charge in [-0.1, -0.05) is 37.6 Å². The van der Waals surface area contributed by atoms with Gasteiger partial charge in [0.1, 0.15) is 23.6 Å². The lowest BCUT2D eigenvalue weighted by Gasteiger charge is -2.28. The summed E-state index contributed by atoms with van der Waals surface area (Å²) in [5.41, 5.74) is 1.18. The number of para-hydroxylation sites is 1. The fourth-order valence-electron chi connectivity index (χ4n) is 5.46. The van der Waals surface area contributed by atoms with Crippen molar-refractivity contribution in [1.82, 2.24) is 20.1 Å². The molecule has 3 aromatic rings. The number of nitrogens with one attached hydrogen (secondary N) is 1. The summed E-state index contributed by atoms with van der Waals surface area (Å²) in [4.78, 5) is 60.0. The van der Waals surface area contributed by atoms with Crippen molar-refractivity contribution in [3.8, 4) is 11.5 Å². The molecule has 0 radical (unpaired) electrons. The number of carbonyl (C=O) groups excluding carboxylic acids is 4. The van der Waals surface area contributed by atoms with Crippen molar-refractivity contribution in [3.05, 3.63) is 90.3 Å². The van der Waals surface area contributed by atoms with Gasteiger partial charge in [-0.25, -0.2) is 0 Å². The Morgan fingerprint density at radius 3 is 2.45 bits per heavy atom. The molecule has 0 saturated carbocycles. The van der Waals surface area contributed by atoms with Crippen LogP contribution in [0.3, 0.4) is 0 Å². The highest BCUT2D eigenvalue weighted by molar-refractivity contribution is 6.01. The number of ketones is 1. The minimum Gasteiger partial charge on any atom is -0.457 e. The molecular weight excluding hydrogens is 508 g/mol. The minimum atomic E-state index is -0.774. The molecule has 40 heavy (non-hydrogen) atoms. The van der Waals surface area contributed by atoms with Crippen LogP contribution in [-0.2, 0) is 20.8 Å². The Morgan fingerprint density at radius 2 is 1.75 bits per heavy atom. The lowest BCUT2D eigenvalue weighted by Crippen LogP contribution is -2.52. The highest BCUT2D eigenvalue weighted by atomic mass is 16.5. The summed E-state index contributed by atoms with van der Waals surface area (Å²) in [5, 5.41) is 2.87. The molecule has 2 aromatic carbocycles. The number of fused-ring (bicyclic) bond motifs is 1. The van der Waals surface area contributed by atoms with Gasteiger partial charge in [-0.15, -0.1) is 0 Å². The van der Waals surface area contributed by atoms with Crippen molar-refractivity contribution in [2.24, 2.45) is 0 Å². The molecule has 1 N–H and O–H groups in total. The van der Waals surface area contributed by atoms with Gasteiger partial charge in [0.15, 0.2) is 5.78 Å². The molecule has 9 heteroatoms. The lowest BCUT2D eigenvalue weighted by atomic mass is 10.1. The van der Waals surface area contributed by atoms with Gasteiger partial charge < -0.3 is 19.9 Å². The van der Waals surface area contributed by atoms with Crippen molar-refractivity contribution < 1.29 is 23.9 Å². The number of amides is 3. The van der Waals surface area contributed by atoms with Crippen LogP contribution < -0.4 is 10.1 Å². The van der Waals surface area contributed by atoms with Crippen molar-refractivity contribution >= 4 is 23.5 Å². The van der Waals surface area contributed by atoms with Gasteiger partial charge >= 0.3 is 0 Å². The third-order valence-corrected chi connectivity index (χ3v) is 7.38. The highest BCUT2D eigenvalue weighted by Crippen LogP contribution is 2.31. The highest BCUT2D eigenvalue weighted by Gasteiger charge is 2.52. The van der Waals surface area contributed by atoms with Gasteiger partial charge in [0.2, 0.25) is 11.8 Å². The SMILES string of the molecule is CCCC(NC(=O)c1ccc(Oc2ccccc2)cc1)C(=O)N1CCC2C1C(=O)CN2C(=O)Cc1cccnc1. The summed E-state index contributed by atoms with van der Waals surface area (Å²) < 4.78 is 5.79. The molecule has 0 bridgehead atoms. The molecule has 3 unspecified atom stereocenters. The van der Waals surface area contributed by atoms with E-state index >= 15 is 0 Å². The number of likely N-dealkylation sites (tertiary alicyclic amines) is 2. The van der Waals surface area contributed by atoms with E-state index in [9.17, 15) is 19.2 Å². The van der Waals surface area contributed by atoms with Gasteiger partial charge in [0, 0.05) is 24.5 Å². The predicted octanol–water partition coefficient (Wildman–Crippen LogP) is 3.40. The summed E-state index contributed by atoms with van der Waals surface area (Å²) >= 11 is 0. The molecule has 2 fully saturated rings. The van der Waals surface area contributed by atoms with Crippen LogP contribution in [0.2, 0.25) is 0 Å². The smallest absolute Gasteiger partial charge is 0.251 e. The van der Waals surface area contributed by atoms with E-state index in [0.717, 1.165) is 5.56 Å². The van der Waals surface area contributed by atoms with E-state index in [2.05, 4.69) is 10.3 Å². The van der Waals surface area contributed by atoms with E-state index < -0.39 is 12.1 Å². The maximum Gasteiger partial charge on any atom is 0.251 e. The second-order valence-electron chi connectivity index (χ2n) is 10.1. The number of carbonyl (C=O) groups is 4.